The van der Waals surface area contributed by atoms with Crippen molar-refractivity contribution in [1.82, 2.24) is 4.90 Å². The molecule has 2 nitrogen and oxygen atoms in total. The molecule has 108 valence electrons. The van der Waals surface area contributed by atoms with Gasteiger partial charge in [-0.15, -0.1) is 0 Å². The van der Waals surface area contributed by atoms with Gasteiger partial charge in [0.1, 0.15) is 5.82 Å². The Morgan fingerprint density at radius 2 is 2.00 bits per heavy atom. The van der Waals surface area contributed by atoms with Crippen LogP contribution in [-0.4, -0.2) is 23.9 Å². The van der Waals surface area contributed by atoms with Crippen LogP contribution in [0.3, 0.4) is 0 Å². The molecule has 1 aliphatic heterocycles. The molecule has 0 aliphatic carbocycles. The summed E-state index contributed by atoms with van der Waals surface area (Å²) in [6.07, 6.45) is -2.35. The van der Waals surface area contributed by atoms with Crippen LogP contribution in [0.5, 0.6) is 0 Å². The second-order valence-electron chi connectivity index (χ2n) is 4.72. The van der Waals surface area contributed by atoms with E-state index in [1.807, 2.05) is 13.0 Å². The number of halogens is 4. The first-order valence-corrected chi connectivity index (χ1v) is 6.11. The Morgan fingerprint density at radius 3 is 2.55 bits per heavy atom. The molecule has 1 aromatic rings. The van der Waals surface area contributed by atoms with Gasteiger partial charge in [0.05, 0.1) is 11.1 Å². The average Bonchev–Trinajstić information content (AvgIpc) is 2.37. The Balaban J connectivity index is 2.32. The number of nitrogens with zero attached hydrogens (tertiary/aromatic N) is 1. The maximum absolute atomic E-state index is 13.9. The van der Waals surface area contributed by atoms with Gasteiger partial charge >= 0.3 is 6.18 Å². The van der Waals surface area contributed by atoms with Crippen molar-refractivity contribution >= 4 is 5.91 Å². The predicted molar refractivity (Wildman–Crippen MR) is 65.7 cm³/mol. The van der Waals surface area contributed by atoms with Crippen LogP contribution in [0.25, 0.3) is 0 Å². The number of carbonyl (C=O) groups is 1. The van der Waals surface area contributed by atoms with Crippen molar-refractivity contribution < 1.29 is 22.4 Å². The molecule has 6 heteroatoms. The van der Waals surface area contributed by atoms with Gasteiger partial charge in [-0.25, -0.2) is 4.39 Å². The van der Waals surface area contributed by atoms with Crippen molar-refractivity contribution in [2.45, 2.75) is 19.5 Å². The molecule has 1 aromatic carbocycles. The smallest absolute Gasteiger partial charge is 0.335 e. The Bertz CT molecular complexity index is 563. The van der Waals surface area contributed by atoms with Crippen molar-refractivity contribution in [3.8, 4) is 0 Å². The van der Waals surface area contributed by atoms with Gasteiger partial charge in [0.2, 0.25) is 0 Å². The fourth-order valence-electron chi connectivity index (χ4n) is 2.04. The van der Waals surface area contributed by atoms with Crippen LogP contribution < -0.4 is 0 Å². The molecule has 0 saturated carbocycles. The standard InChI is InChI=1S/C14H13F4NO/c1-9-5-7-19(8-6-9)13(20)10-3-2-4-11(12(10)15)14(16,17)18/h2-5H,6-8H2,1H3. The molecule has 1 aliphatic rings. The van der Waals surface area contributed by atoms with Crippen LogP contribution in [0.4, 0.5) is 17.6 Å². The molecule has 2 rings (SSSR count). The second kappa shape index (κ2) is 5.26. The molecule has 0 N–H and O–H groups in total. The van der Waals surface area contributed by atoms with E-state index in [0.29, 0.717) is 25.6 Å². The van der Waals surface area contributed by atoms with Gasteiger partial charge in [0.25, 0.3) is 5.91 Å². The van der Waals surface area contributed by atoms with Gasteiger partial charge in [-0.2, -0.15) is 13.2 Å². The molecule has 0 atom stereocenters. The number of carbonyl (C=O) groups excluding carboxylic acids is 1. The molecule has 0 unspecified atom stereocenters. The summed E-state index contributed by atoms with van der Waals surface area (Å²) >= 11 is 0. The summed E-state index contributed by atoms with van der Waals surface area (Å²) in [6, 6.07) is 2.76. The number of benzene rings is 1. The second-order valence-corrected chi connectivity index (χ2v) is 4.72. The minimum Gasteiger partial charge on any atom is -0.335 e. The quantitative estimate of drug-likeness (QED) is 0.570. The van der Waals surface area contributed by atoms with Crippen molar-refractivity contribution in [1.29, 1.82) is 0 Å². The first kappa shape index (κ1) is 14.6. The molecule has 0 bridgehead atoms. The van der Waals surface area contributed by atoms with Crippen molar-refractivity contribution in [3.05, 3.63) is 46.8 Å². The zero-order valence-electron chi connectivity index (χ0n) is 10.8. The van der Waals surface area contributed by atoms with E-state index in [4.69, 9.17) is 0 Å². The minimum absolute atomic E-state index is 0.292. The van der Waals surface area contributed by atoms with Crippen LogP contribution in [0, 0.1) is 5.82 Å². The lowest BCUT2D eigenvalue weighted by molar-refractivity contribution is -0.140. The number of hydrogen-bond acceptors (Lipinski definition) is 1. The molecule has 0 radical (unpaired) electrons. The van der Waals surface area contributed by atoms with Crippen LogP contribution in [0.2, 0.25) is 0 Å². The van der Waals surface area contributed by atoms with E-state index in [2.05, 4.69) is 0 Å². The molecule has 0 spiro atoms. The van der Waals surface area contributed by atoms with Gasteiger partial charge < -0.3 is 4.90 Å². The van der Waals surface area contributed by atoms with Crippen molar-refractivity contribution in [3.63, 3.8) is 0 Å². The van der Waals surface area contributed by atoms with Gasteiger partial charge in [0, 0.05) is 13.1 Å². The minimum atomic E-state index is -4.81. The molecular weight excluding hydrogens is 274 g/mol. The topological polar surface area (TPSA) is 20.3 Å². The third-order valence-corrected chi connectivity index (χ3v) is 3.26. The lowest BCUT2D eigenvalue weighted by atomic mass is 10.1. The van der Waals surface area contributed by atoms with Crippen LogP contribution >= 0.6 is 0 Å². The first-order chi connectivity index (χ1) is 9.30. The van der Waals surface area contributed by atoms with Crippen molar-refractivity contribution in [2.75, 3.05) is 13.1 Å². The highest BCUT2D eigenvalue weighted by Gasteiger charge is 2.36. The van der Waals surface area contributed by atoms with E-state index in [9.17, 15) is 22.4 Å². The molecule has 0 saturated heterocycles. The largest absolute Gasteiger partial charge is 0.419 e. The summed E-state index contributed by atoms with van der Waals surface area (Å²) in [5.41, 5.74) is -0.835. The highest BCUT2D eigenvalue weighted by molar-refractivity contribution is 5.95. The Labute approximate surface area is 113 Å². The normalized spacial score (nSPS) is 16.1. The van der Waals surface area contributed by atoms with E-state index in [0.717, 1.165) is 17.7 Å². The van der Waals surface area contributed by atoms with Gasteiger partial charge in [0.15, 0.2) is 0 Å². The summed E-state index contributed by atoms with van der Waals surface area (Å²) in [6.45, 7) is 2.59. The number of hydrogen-bond donors (Lipinski definition) is 0. The molecule has 1 heterocycles. The SMILES string of the molecule is CC1=CCN(C(=O)c2cccc(C(F)(F)F)c2F)CC1. The fraction of sp³-hybridized carbons (Fsp3) is 0.357. The Hall–Kier alpha value is -1.85. The summed E-state index contributed by atoms with van der Waals surface area (Å²) in [5, 5.41) is 0. The highest BCUT2D eigenvalue weighted by atomic mass is 19.4. The van der Waals surface area contributed by atoms with Gasteiger partial charge in [-0.3, -0.25) is 4.79 Å². The predicted octanol–water partition coefficient (Wildman–Crippen LogP) is 3.64. The summed E-state index contributed by atoms with van der Waals surface area (Å²) in [4.78, 5) is 13.4. The lowest BCUT2D eigenvalue weighted by Gasteiger charge is -2.26. The van der Waals surface area contributed by atoms with Crippen LogP contribution in [-0.2, 0) is 6.18 Å². The van der Waals surface area contributed by atoms with Gasteiger partial charge in [-0.05, 0) is 25.5 Å². The maximum Gasteiger partial charge on any atom is 0.419 e. The highest BCUT2D eigenvalue weighted by Crippen LogP contribution is 2.32. The third kappa shape index (κ3) is 2.84. The maximum atomic E-state index is 13.9. The van der Waals surface area contributed by atoms with E-state index in [1.165, 1.54) is 4.90 Å². The molecule has 0 aromatic heterocycles. The number of rotatable bonds is 1. The van der Waals surface area contributed by atoms with Crippen LogP contribution in [0.1, 0.15) is 29.3 Å². The third-order valence-electron chi connectivity index (χ3n) is 3.26. The number of amides is 1. The van der Waals surface area contributed by atoms with Crippen molar-refractivity contribution in [2.24, 2.45) is 0 Å². The Kier molecular flexibility index (Phi) is 3.83. The van der Waals surface area contributed by atoms with E-state index >= 15 is 0 Å². The summed E-state index contributed by atoms with van der Waals surface area (Å²) in [7, 11) is 0. The lowest BCUT2D eigenvalue weighted by Crippen LogP contribution is -2.35. The summed E-state index contributed by atoms with van der Waals surface area (Å²) in [5.74, 6) is -2.21. The van der Waals surface area contributed by atoms with E-state index < -0.39 is 29.0 Å². The Morgan fingerprint density at radius 1 is 1.30 bits per heavy atom. The van der Waals surface area contributed by atoms with Crippen LogP contribution in [0.15, 0.2) is 29.8 Å². The van der Waals surface area contributed by atoms with Gasteiger partial charge in [-0.1, -0.05) is 17.7 Å². The zero-order valence-corrected chi connectivity index (χ0v) is 10.8. The van der Waals surface area contributed by atoms with E-state index in [1.54, 1.807) is 0 Å². The molecule has 20 heavy (non-hydrogen) atoms. The monoisotopic (exact) mass is 287 g/mol. The molecule has 1 amide bonds. The first-order valence-electron chi connectivity index (χ1n) is 6.11. The van der Waals surface area contributed by atoms with E-state index in [-0.39, 0.29) is 0 Å². The fourth-order valence-corrected chi connectivity index (χ4v) is 2.04. The zero-order chi connectivity index (χ0) is 14.9. The average molecular weight is 287 g/mol. The summed E-state index contributed by atoms with van der Waals surface area (Å²) < 4.78 is 51.7. The number of alkyl halides is 3. The molecular formula is C14H13F4NO. The molecule has 0 fully saturated rings.